The molecule has 0 bridgehead atoms. The number of aliphatic hydroxyl groups excluding tert-OH is 2. The van der Waals surface area contributed by atoms with Crippen LogP contribution in [0.4, 0.5) is 0 Å². The summed E-state index contributed by atoms with van der Waals surface area (Å²) in [6, 6.07) is 0. The maximum absolute atomic E-state index is 9.31. The Bertz CT molecular complexity index is 394. The van der Waals surface area contributed by atoms with Crippen LogP contribution >= 0.6 is 11.3 Å². The summed E-state index contributed by atoms with van der Waals surface area (Å²) >= 11 is 1.73. The molecule has 1 rings (SSSR count). The van der Waals surface area contributed by atoms with E-state index in [1.807, 2.05) is 20.2 Å². The number of aliphatic hydroxyl groups is 2. The first-order valence-corrected chi connectivity index (χ1v) is 7.37. The second kappa shape index (κ2) is 6.31. The molecule has 19 heavy (non-hydrogen) atoms. The van der Waals surface area contributed by atoms with Gasteiger partial charge in [0.25, 0.3) is 0 Å². The van der Waals surface area contributed by atoms with E-state index in [1.165, 1.54) is 4.88 Å². The fraction of sp³-hybridized carbons (Fsp3) is 0.786. The lowest BCUT2D eigenvalue weighted by molar-refractivity contribution is 0.0404. The van der Waals surface area contributed by atoms with Gasteiger partial charge in [0.05, 0.1) is 18.2 Å². The minimum absolute atomic E-state index is 0.0101. The molecule has 110 valence electrons. The van der Waals surface area contributed by atoms with E-state index in [2.05, 4.69) is 30.7 Å². The van der Waals surface area contributed by atoms with Gasteiger partial charge >= 0.3 is 0 Å². The van der Waals surface area contributed by atoms with Gasteiger partial charge in [-0.2, -0.15) is 0 Å². The fourth-order valence-electron chi connectivity index (χ4n) is 1.85. The second-order valence-electron chi connectivity index (χ2n) is 6.68. The maximum Gasteiger partial charge on any atom is 0.0981 e. The van der Waals surface area contributed by atoms with Crippen LogP contribution in [0.15, 0.2) is 6.20 Å². The molecular formula is C14H26N2O2S. The Hall–Kier alpha value is -0.490. The minimum atomic E-state index is -0.452. The van der Waals surface area contributed by atoms with Crippen LogP contribution in [-0.4, -0.2) is 46.9 Å². The minimum Gasteiger partial charge on any atom is -0.396 e. The maximum atomic E-state index is 9.31. The monoisotopic (exact) mass is 286 g/mol. The van der Waals surface area contributed by atoms with E-state index in [-0.39, 0.29) is 18.6 Å². The molecule has 1 aromatic rings. The molecule has 0 aliphatic heterocycles. The zero-order valence-corrected chi connectivity index (χ0v) is 13.4. The lowest BCUT2D eigenvalue weighted by Crippen LogP contribution is -2.38. The van der Waals surface area contributed by atoms with Crippen molar-refractivity contribution in [2.45, 2.75) is 39.7 Å². The molecule has 1 heterocycles. The fourth-order valence-corrected chi connectivity index (χ4v) is 2.90. The van der Waals surface area contributed by atoms with Gasteiger partial charge in [0.15, 0.2) is 0 Å². The van der Waals surface area contributed by atoms with Gasteiger partial charge in [-0.05, 0) is 7.05 Å². The summed E-state index contributed by atoms with van der Waals surface area (Å²) in [5.74, 6) is 0. The van der Waals surface area contributed by atoms with Gasteiger partial charge in [0.2, 0.25) is 0 Å². The highest BCUT2D eigenvalue weighted by Crippen LogP contribution is 2.27. The molecule has 0 saturated heterocycles. The Balaban J connectivity index is 2.62. The molecule has 0 saturated carbocycles. The van der Waals surface area contributed by atoms with Crippen LogP contribution in [-0.2, 0) is 12.0 Å². The van der Waals surface area contributed by atoms with Crippen LogP contribution in [0.2, 0.25) is 0 Å². The molecule has 0 radical (unpaired) electrons. The van der Waals surface area contributed by atoms with Gasteiger partial charge in [-0.15, -0.1) is 11.3 Å². The molecule has 0 atom stereocenters. The van der Waals surface area contributed by atoms with Crippen molar-refractivity contribution in [1.29, 1.82) is 0 Å². The van der Waals surface area contributed by atoms with E-state index < -0.39 is 5.41 Å². The first-order valence-electron chi connectivity index (χ1n) is 6.56. The Morgan fingerprint density at radius 3 is 2.21 bits per heavy atom. The Morgan fingerprint density at radius 1 is 1.21 bits per heavy atom. The van der Waals surface area contributed by atoms with Crippen molar-refractivity contribution in [3.8, 4) is 0 Å². The third kappa shape index (κ3) is 4.84. The Kier molecular flexibility index (Phi) is 5.50. The van der Waals surface area contributed by atoms with Crippen molar-refractivity contribution < 1.29 is 10.2 Å². The molecule has 4 nitrogen and oxygen atoms in total. The summed E-state index contributed by atoms with van der Waals surface area (Å²) in [4.78, 5) is 7.80. The summed E-state index contributed by atoms with van der Waals surface area (Å²) in [5, 5.41) is 19.8. The highest BCUT2D eigenvalue weighted by Gasteiger charge is 2.25. The third-order valence-corrected chi connectivity index (χ3v) is 4.44. The van der Waals surface area contributed by atoms with E-state index in [0.29, 0.717) is 6.54 Å². The average molecular weight is 286 g/mol. The van der Waals surface area contributed by atoms with Gasteiger partial charge in [0.1, 0.15) is 0 Å². The van der Waals surface area contributed by atoms with Gasteiger partial charge in [-0.25, -0.2) is 4.98 Å². The van der Waals surface area contributed by atoms with E-state index in [4.69, 9.17) is 0 Å². The summed E-state index contributed by atoms with van der Waals surface area (Å²) in [5.41, 5.74) is -0.363. The average Bonchev–Trinajstić information content (AvgIpc) is 2.76. The van der Waals surface area contributed by atoms with Crippen molar-refractivity contribution in [3.05, 3.63) is 16.1 Å². The van der Waals surface area contributed by atoms with E-state index in [1.54, 1.807) is 11.3 Å². The van der Waals surface area contributed by atoms with Crippen LogP contribution in [0.5, 0.6) is 0 Å². The van der Waals surface area contributed by atoms with E-state index in [0.717, 1.165) is 11.6 Å². The molecule has 1 aromatic heterocycles. The van der Waals surface area contributed by atoms with Crippen LogP contribution < -0.4 is 0 Å². The van der Waals surface area contributed by atoms with E-state index in [9.17, 15) is 10.2 Å². The lowest BCUT2D eigenvalue weighted by Gasteiger charge is -2.30. The lowest BCUT2D eigenvalue weighted by atomic mass is 9.92. The summed E-state index contributed by atoms with van der Waals surface area (Å²) in [6.45, 7) is 9.80. The topological polar surface area (TPSA) is 56.6 Å². The number of thiazole rings is 1. The molecule has 0 amide bonds. The smallest absolute Gasteiger partial charge is 0.0981 e. The van der Waals surface area contributed by atoms with Gasteiger partial charge in [0, 0.05) is 35.0 Å². The molecule has 2 N–H and O–H groups in total. The van der Waals surface area contributed by atoms with Gasteiger partial charge in [-0.1, -0.05) is 27.7 Å². The molecule has 5 heteroatoms. The van der Waals surface area contributed by atoms with Crippen LogP contribution in [0, 0.1) is 5.41 Å². The van der Waals surface area contributed by atoms with Crippen LogP contribution in [0.25, 0.3) is 0 Å². The van der Waals surface area contributed by atoms with Crippen LogP contribution in [0.3, 0.4) is 0 Å². The van der Waals surface area contributed by atoms with Crippen molar-refractivity contribution in [3.63, 3.8) is 0 Å². The molecule has 0 aromatic carbocycles. The predicted octanol–water partition coefficient (Wildman–Crippen LogP) is 1.86. The Morgan fingerprint density at radius 2 is 1.79 bits per heavy atom. The van der Waals surface area contributed by atoms with Crippen molar-refractivity contribution >= 4 is 11.3 Å². The highest BCUT2D eigenvalue weighted by atomic mass is 32.1. The highest BCUT2D eigenvalue weighted by molar-refractivity contribution is 7.11. The first kappa shape index (κ1) is 16.6. The standard InChI is InChI=1S/C14H26N2O2S/c1-13(2,3)12-15-6-11(19-12)7-16(5)8-14(4,9-17)10-18/h6,17-18H,7-10H2,1-5H3. The van der Waals surface area contributed by atoms with Gasteiger partial charge < -0.3 is 15.1 Å². The molecule has 0 aliphatic carbocycles. The number of hydrogen-bond donors (Lipinski definition) is 2. The number of hydrogen-bond acceptors (Lipinski definition) is 5. The zero-order valence-electron chi connectivity index (χ0n) is 12.6. The number of aromatic nitrogens is 1. The second-order valence-corrected chi connectivity index (χ2v) is 7.80. The molecule has 0 unspecified atom stereocenters. The first-order chi connectivity index (χ1) is 8.70. The summed E-state index contributed by atoms with van der Waals surface area (Å²) in [7, 11) is 2.00. The van der Waals surface area contributed by atoms with Crippen molar-refractivity contribution in [2.24, 2.45) is 5.41 Å². The van der Waals surface area contributed by atoms with Gasteiger partial charge in [-0.3, -0.25) is 0 Å². The van der Waals surface area contributed by atoms with E-state index >= 15 is 0 Å². The molecule has 0 aliphatic rings. The number of nitrogens with zero attached hydrogens (tertiary/aromatic N) is 2. The summed E-state index contributed by atoms with van der Waals surface area (Å²) in [6.07, 6.45) is 1.93. The van der Waals surface area contributed by atoms with Crippen molar-refractivity contribution in [1.82, 2.24) is 9.88 Å². The predicted molar refractivity (Wildman–Crippen MR) is 79.4 cm³/mol. The normalized spacial score (nSPS) is 13.3. The largest absolute Gasteiger partial charge is 0.396 e. The SMILES string of the molecule is CN(Cc1cnc(C(C)(C)C)s1)CC(C)(CO)CO. The molecular weight excluding hydrogens is 260 g/mol. The third-order valence-electron chi connectivity index (χ3n) is 3.04. The number of rotatable bonds is 6. The van der Waals surface area contributed by atoms with Crippen molar-refractivity contribution in [2.75, 3.05) is 26.8 Å². The molecule has 0 fully saturated rings. The quantitative estimate of drug-likeness (QED) is 0.838. The summed E-state index contributed by atoms with van der Waals surface area (Å²) < 4.78 is 0. The van der Waals surface area contributed by atoms with Crippen LogP contribution in [0.1, 0.15) is 37.6 Å². The Labute approximate surface area is 120 Å². The zero-order chi connectivity index (χ0) is 14.7. The molecule has 0 spiro atoms.